The van der Waals surface area contributed by atoms with Gasteiger partial charge < -0.3 is 20.7 Å². The second kappa shape index (κ2) is 9.87. The maximum Gasteiger partial charge on any atom is 0.261 e. The SMILES string of the molecule is COC1(C(=O)NCCCNC(=O)c2cccs2)CCNCC1.Cl. The Labute approximate surface area is 146 Å². The summed E-state index contributed by atoms with van der Waals surface area (Å²) in [4.78, 5) is 24.7. The Bertz CT molecular complexity index is 490. The van der Waals surface area contributed by atoms with Crippen LogP contribution in [0.1, 0.15) is 28.9 Å². The fourth-order valence-corrected chi connectivity index (χ4v) is 3.14. The van der Waals surface area contributed by atoms with Gasteiger partial charge in [-0.2, -0.15) is 0 Å². The molecule has 1 aliphatic rings. The molecule has 0 saturated carbocycles. The fraction of sp³-hybridized carbons (Fsp3) is 0.600. The number of thiophene rings is 1. The molecule has 1 aromatic heterocycles. The van der Waals surface area contributed by atoms with Crippen LogP contribution in [0.2, 0.25) is 0 Å². The molecule has 0 atom stereocenters. The molecule has 2 amide bonds. The second-order valence-electron chi connectivity index (χ2n) is 5.29. The number of amides is 2. The highest BCUT2D eigenvalue weighted by atomic mass is 35.5. The Morgan fingerprint density at radius 2 is 2.00 bits per heavy atom. The number of halogens is 1. The average molecular weight is 362 g/mol. The van der Waals surface area contributed by atoms with Crippen molar-refractivity contribution in [2.24, 2.45) is 0 Å². The Hall–Kier alpha value is -1.15. The molecule has 6 nitrogen and oxygen atoms in total. The number of hydrogen-bond donors (Lipinski definition) is 3. The standard InChI is InChI=1S/C15H23N3O3S.ClH/c1-21-15(5-9-16-10-6-15)14(20)18-8-3-7-17-13(19)12-4-2-11-22-12;/h2,4,11,16H,3,5-10H2,1H3,(H,17,19)(H,18,20);1H. The van der Waals surface area contributed by atoms with Gasteiger partial charge >= 0.3 is 0 Å². The van der Waals surface area contributed by atoms with Crippen molar-refractivity contribution in [2.75, 3.05) is 33.3 Å². The summed E-state index contributed by atoms with van der Waals surface area (Å²) in [5.41, 5.74) is -0.703. The normalized spacial score (nSPS) is 16.2. The minimum atomic E-state index is -0.703. The van der Waals surface area contributed by atoms with E-state index >= 15 is 0 Å². The summed E-state index contributed by atoms with van der Waals surface area (Å²) in [6.07, 6.45) is 2.07. The van der Waals surface area contributed by atoms with Crippen LogP contribution in [0.5, 0.6) is 0 Å². The van der Waals surface area contributed by atoms with Crippen molar-refractivity contribution in [3.05, 3.63) is 22.4 Å². The lowest BCUT2D eigenvalue weighted by Crippen LogP contribution is -2.54. The quantitative estimate of drug-likeness (QED) is 0.637. The number of rotatable bonds is 7. The summed E-state index contributed by atoms with van der Waals surface area (Å²) in [6.45, 7) is 2.65. The maximum absolute atomic E-state index is 12.3. The van der Waals surface area contributed by atoms with Gasteiger partial charge in [0.25, 0.3) is 11.8 Å². The van der Waals surface area contributed by atoms with Gasteiger partial charge in [0, 0.05) is 20.2 Å². The molecule has 1 aromatic rings. The van der Waals surface area contributed by atoms with E-state index in [1.807, 2.05) is 11.4 Å². The zero-order chi connectivity index (χ0) is 15.8. The topological polar surface area (TPSA) is 79.5 Å². The van der Waals surface area contributed by atoms with Crippen LogP contribution in [0, 0.1) is 0 Å². The number of piperidine rings is 1. The molecule has 0 bridgehead atoms. The summed E-state index contributed by atoms with van der Waals surface area (Å²) in [5, 5.41) is 10.9. The highest BCUT2D eigenvalue weighted by Crippen LogP contribution is 2.22. The monoisotopic (exact) mass is 361 g/mol. The third kappa shape index (κ3) is 5.46. The molecule has 8 heteroatoms. The number of carbonyl (C=O) groups excluding carboxylic acids is 2. The Kier molecular flexibility index (Phi) is 8.54. The molecule has 0 unspecified atom stereocenters. The van der Waals surface area contributed by atoms with Crippen molar-refractivity contribution < 1.29 is 14.3 Å². The first-order valence-corrected chi connectivity index (χ1v) is 8.42. The first kappa shape index (κ1) is 19.9. The largest absolute Gasteiger partial charge is 0.368 e. The number of hydrogen-bond acceptors (Lipinski definition) is 5. The predicted molar refractivity (Wildman–Crippen MR) is 93.4 cm³/mol. The predicted octanol–water partition coefficient (Wildman–Crippen LogP) is 1.17. The average Bonchev–Trinajstić information content (AvgIpc) is 3.09. The third-order valence-electron chi connectivity index (χ3n) is 3.89. The second-order valence-corrected chi connectivity index (χ2v) is 6.24. The molecule has 0 aliphatic carbocycles. The van der Waals surface area contributed by atoms with E-state index < -0.39 is 5.60 Å². The Balaban J connectivity index is 0.00000264. The van der Waals surface area contributed by atoms with Gasteiger partial charge in [-0.25, -0.2) is 0 Å². The van der Waals surface area contributed by atoms with Crippen molar-refractivity contribution in [1.82, 2.24) is 16.0 Å². The fourth-order valence-electron chi connectivity index (χ4n) is 2.50. The van der Waals surface area contributed by atoms with Crippen LogP contribution in [-0.4, -0.2) is 50.7 Å². The van der Waals surface area contributed by atoms with Crippen molar-refractivity contribution in [1.29, 1.82) is 0 Å². The molecule has 0 radical (unpaired) electrons. The molecular formula is C15H24ClN3O3S. The molecule has 3 N–H and O–H groups in total. The number of methoxy groups -OCH3 is 1. The van der Waals surface area contributed by atoms with Gasteiger partial charge in [0.15, 0.2) is 0 Å². The summed E-state index contributed by atoms with van der Waals surface area (Å²) < 4.78 is 5.46. The van der Waals surface area contributed by atoms with Gasteiger partial charge in [0.2, 0.25) is 0 Å². The summed E-state index contributed by atoms with van der Waals surface area (Å²) in [6, 6.07) is 3.64. The molecule has 0 spiro atoms. The van der Waals surface area contributed by atoms with Crippen LogP contribution in [0.3, 0.4) is 0 Å². The Morgan fingerprint density at radius 3 is 2.61 bits per heavy atom. The van der Waals surface area contributed by atoms with E-state index in [4.69, 9.17) is 4.74 Å². The van der Waals surface area contributed by atoms with E-state index in [2.05, 4.69) is 16.0 Å². The molecule has 2 heterocycles. The zero-order valence-electron chi connectivity index (χ0n) is 13.2. The van der Waals surface area contributed by atoms with Crippen LogP contribution in [-0.2, 0) is 9.53 Å². The summed E-state index contributed by atoms with van der Waals surface area (Å²) in [5.74, 6) is -0.117. The highest BCUT2D eigenvalue weighted by Gasteiger charge is 2.39. The molecule has 0 aromatic carbocycles. The van der Waals surface area contributed by atoms with E-state index in [1.54, 1.807) is 13.2 Å². The lowest BCUT2D eigenvalue weighted by molar-refractivity contribution is -0.146. The molecule has 2 rings (SSSR count). The number of ether oxygens (including phenoxy) is 1. The van der Waals surface area contributed by atoms with Gasteiger partial charge in [0.05, 0.1) is 4.88 Å². The molecule has 1 fully saturated rings. The Morgan fingerprint density at radius 1 is 1.30 bits per heavy atom. The van der Waals surface area contributed by atoms with Gasteiger partial charge in [-0.3, -0.25) is 9.59 Å². The van der Waals surface area contributed by atoms with Crippen LogP contribution >= 0.6 is 23.7 Å². The van der Waals surface area contributed by atoms with Crippen molar-refractivity contribution in [3.63, 3.8) is 0 Å². The molecule has 130 valence electrons. The highest BCUT2D eigenvalue weighted by molar-refractivity contribution is 7.12. The van der Waals surface area contributed by atoms with Crippen molar-refractivity contribution in [2.45, 2.75) is 24.9 Å². The van der Waals surface area contributed by atoms with Crippen LogP contribution in [0.15, 0.2) is 17.5 Å². The molecular weight excluding hydrogens is 338 g/mol. The van der Waals surface area contributed by atoms with Gasteiger partial charge in [-0.1, -0.05) is 6.07 Å². The van der Waals surface area contributed by atoms with E-state index in [0.29, 0.717) is 37.2 Å². The van der Waals surface area contributed by atoms with Gasteiger partial charge in [0.1, 0.15) is 5.60 Å². The van der Waals surface area contributed by atoms with E-state index in [0.717, 1.165) is 13.1 Å². The smallest absolute Gasteiger partial charge is 0.261 e. The number of carbonyl (C=O) groups is 2. The molecule has 1 saturated heterocycles. The minimum absolute atomic E-state index is 0. The van der Waals surface area contributed by atoms with E-state index in [1.165, 1.54) is 11.3 Å². The minimum Gasteiger partial charge on any atom is -0.368 e. The summed E-state index contributed by atoms with van der Waals surface area (Å²) in [7, 11) is 1.59. The van der Waals surface area contributed by atoms with E-state index in [-0.39, 0.29) is 24.2 Å². The molecule has 23 heavy (non-hydrogen) atoms. The van der Waals surface area contributed by atoms with Crippen LogP contribution in [0.25, 0.3) is 0 Å². The molecule has 1 aliphatic heterocycles. The van der Waals surface area contributed by atoms with Crippen molar-refractivity contribution in [3.8, 4) is 0 Å². The van der Waals surface area contributed by atoms with E-state index in [9.17, 15) is 9.59 Å². The van der Waals surface area contributed by atoms with Crippen LogP contribution in [0.4, 0.5) is 0 Å². The zero-order valence-corrected chi connectivity index (χ0v) is 14.9. The maximum atomic E-state index is 12.3. The third-order valence-corrected chi connectivity index (χ3v) is 4.75. The van der Waals surface area contributed by atoms with Gasteiger partial charge in [-0.15, -0.1) is 23.7 Å². The van der Waals surface area contributed by atoms with Crippen LogP contribution < -0.4 is 16.0 Å². The first-order chi connectivity index (χ1) is 10.7. The van der Waals surface area contributed by atoms with Gasteiger partial charge in [-0.05, 0) is 43.8 Å². The number of nitrogens with one attached hydrogen (secondary N) is 3. The lowest BCUT2D eigenvalue weighted by atomic mass is 9.91. The summed E-state index contributed by atoms with van der Waals surface area (Å²) >= 11 is 1.42. The lowest BCUT2D eigenvalue weighted by Gasteiger charge is -2.34. The first-order valence-electron chi connectivity index (χ1n) is 7.54. The van der Waals surface area contributed by atoms with Crippen molar-refractivity contribution >= 4 is 35.6 Å².